The molecule has 0 radical (unpaired) electrons. The van der Waals surface area contributed by atoms with Gasteiger partial charge >= 0.3 is 0 Å². The Labute approximate surface area is 98.8 Å². The van der Waals surface area contributed by atoms with E-state index in [4.69, 9.17) is 11.2 Å². The molecule has 2 unspecified atom stereocenters. The van der Waals surface area contributed by atoms with Crippen LogP contribution in [-0.4, -0.2) is 48.5 Å². The van der Waals surface area contributed by atoms with E-state index in [-0.39, 0.29) is 12.2 Å². The molecule has 0 amide bonds. The van der Waals surface area contributed by atoms with E-state index in [2.05, 4.69) is 17.7 Å². The highest BCUT2D eigenvalue weighted by Gasteiger charge is 2.25. The number of aliphatic hydroxyl groups is 1. The SMILES string of the molecule is C#CCCCC(O)C1CN(CCC)CCO1. The Hall–Kier alpha value is -0.560. The maximum absolute atomic E-state index is 9.97. The molecule has 0 aromatic rings. The molecule has 3 heteroatoms. The van der Waals surface area contributed by atoms with Gasteiger partial charge in [0.25, 0.3) is 0 Å². The molecule has 0 bridgehead atoms. The van der Waals surface area contributed by atoms with Gasteiger partial charge in [-0.2, -0.15) is 0 Å². The molecule has 92 valence electrons. The summed E-state index contributed by atoms with van der Waals surface area (Å²) in [5.74, 6) is 2.59. The van der Waals surface area contributed by atoms with Crippen molar-refractivity contribution in [3.8, 4) is 12.3 Å². The highest BCUT2D eigenvalue weighted by atomic mass is 16.5. The number of unbranched alkanes of at least 4 members (excludes halogenated alkanes) is 1. The lowest BCUT2D eigenvalue weighted by Crippen LogP contribution is -2.47. The van der Waals surface area contributed by atoms with E-state index in [0.717, 1.165) is 51.9 Å². The Bertz CT molecular complexity index is 222. The van der Waals surface area contributed by atoms with Crippen molar-refractivity contribution in [3.63, 3.8) is 0 Å². The molecule has 16 heavy (non-hydrogen) atoms. The Kier molecular flexibility index (Phi) is 6.47. The fourth-order valence-electron chi connectivity index (χ4n) is 2.08. The van der Waals surface area contributed by atoms with Gasteiger partial charge in [0.15, 0.2) is 0 Å². The van der Waals surface area contributed by atoms with Crippen molar-refractivity contribution in [1.29, 1.82) is 0 Å². The van der Waals surface area contributed by atoms with Gasteiger partial charge in [-0.05, 0) is 25.8 Å². The predicted molar refractivity (Wildman–Crippen MR) is 65.2 cm³/mol. The Morgan fingerprint density at radius 1 is 1.62 bits per heavy atom. The van der Waals surface area contributed by atoms with E-state index in [0.29, 0.717) is 0 Å². The van der Waals surface area contributed by atoms with E-state index < -0.39 is 0 Å². The van der Waals surface area contributed by atoms with Crippen LogP contribution in [0.25, 0.3) is 0 Å². The Morgan fingerprint density at radius 2 is 2.44 bits per heavy atom. The molecule has 0 aliphatic carbocycles. The molecular formula is C13H23NO2. The topological polar surface area (TPSA) is 32.7 Å². The molecule has 1 N–H and O–H groups in total. The predicted octanol–water partition coefficient (Wildman–Crippen LogP) is 1.26. The number of nitrogens with zero attached hydrogens (tertiary/aromatic N) is 1. The first kappa shape index (κ1) is 13.5. The summed E-state index contributed by atoms with van der Waals surface area (Å²) in [6.07, 6.45) is 8.30. The second kappa shape index (κ2) is 7.67. The summed E-state index contributed by atoms with van der Waals surface area (Å²) in [6, 6.07) is 0. The summed E-state index contributed by atoms with van der Waals surface area (Å²) in [4.78, 5) is 2.36. The highest BCUT2D eigenvalue weighted by Crippen LogP contribution is 2.13. The van der Waals surface area contributed by atoms with Crippen LogP contribution in [0, 0.1) is 12.3 Å². The average Bonchev–Trinajstić information content (AvgIpc) is 2.30. The number of morpholine rings is 1. The highest BCUT2D eigenvalue weighted by molar-refractivity contribution is 4.84. The largest absolute Gasteiger partial charge is 0.390 e. The fraction of sp³-hybridized carbons (Fsp3) is 0.846. The third-order valence-corrected chi connectivity index (χ3v) is 2.97. The van der Waals surface area contributed by atoms with Crippen molar-refractivity contribution in [2.24, 2.45) is 0 Å². The van der Waals surface area contributed by atoms with Crippen LogP contribution in [0.15, 0.2) is 0 Å². The number of hydrogen-bond acceptors (Lipinski definition) is 3. The van der Waals surface area contributed by atoms with Crippen molar-refractivity contribution >= 4 is 0 Å². The van der Waals surface area contributed by atoms with Gasteiger partial charge in [0.05, 0.1) is 18.8 Å². The molecule has 0 aromatic heterocycles. The first-order valence-electron chi connectivity index (χ1n) is 6.23. The number of hydrogen-bond donors (Lipinski definition) is 1. The Balaban J connectivity index is 2.26. The van der Waals surface area contributed by atoms with E-state index >= 15 is 0 Å². The van der Waals surface area contributed by atoms with E-state index in [1.165, 1.54) is 0 Å². The minimum absolute atomic E-state index is 0.0296. The summed E-state index contributed by atoms with van der Waals surface area (Å²) < 4.78 is 5.60. The molecule has 1 aliphatic rings. The standard InChI is InChI=1S/C13H23NO2/c1-3-5-6-7-12(15)13-11-14(8-4-2)9-10-16-13/h1,12-13,15H,4-11H2,2H3. The summed E-state index contributed by atoms with van der Waals surface area (Å²) >= 11 is 0. The quantitative estimate of drug-likeness (QED) is 0.546. The van der Waals surface area contributed by atoms with E-state index in [9.17, 15) is 5.11 Å². The maximum Gasteiger partial charge on any atom is 0.0960 e. The summed E-state index contributed by atoms with van der Waals surface area (Å²) in [5.41, 5.74) is 0. The first-order valence-corrected chi connectivity index (χ1v) is 6.23. The van der Waals surface area contributed by atoms with Gasteiger partial charge in [-0.25, -0.2) is 0 Å². The fourth-order valence-corrected chi connectivity index (χ4v) is 2.08. The van der Waals surface area contributed by atoms with Crippen molar-refractivity contribution in [3.05, 3.63) is 0 Å². The van der Waals surface area contributed by atoms with Gasteiger partial charge < -0.3 is 9.84 Å². The average molecular weight is 225 g/mol. The molecule has 1 rings (SSSR count). The minimum Gasteiger partial charge on any atom is -0.390 e. The summed E-state index contributed by atoms with van der Waals surface area (Å²) in [6.45, 7) is 5.84. The number of aliphatic hydroxyl groups excluding tert-OH is 1. The van der Waals surface area contributed by atoms with Gasteiger partial charge in [0.2, 0.25) is 0 Å². The molecule has 1 fully saturated rings. The van der Waals surface area contributed by atoms with Gasteiger partial charge in [0.1, 0.15) is 0 Å². The molecule has 0 spiro atoms. The normalized spacial score (nSPS) is 23.9. The first-order chi connectivity index (χ1) is 7.77. The van der Waals surface area contributed by atoms with Crippen molar-refractivity contribution in [2.45, 2.75) is 44.8 Å². The summed E-state index contributed by atoms with van der Waals surface area (Å²) in [5, 5.41) is 9.97. The number of terminal acetylenes is 1. The van der Waals surface area contributed by atoms with Gasteiger partial charge in [-0.15, -0.1) is 12.3 Å². The van der Waals surface area contributed by atoms with Crippen LogP contribution >= 0.6 is 0 Å². The van der Waals surface area contributed by atoms with Crippen LogP contribution in [0.2, 0.25) is 0 Å². The van der Waals surface area contributed by atoms with Crippen molar-refractivity contribution in [1.82, 2.24) is 4.90 Å². The number of ether oxygens (including phenoxy) is 1. The third-order valence-electron chi connectivity index (χ3n) is 2.97. The molecule has 1 aliphatic heterocycles. The molecule has 1 heterocycles. The zero-order chi connectivity index (χ0) is 11.8. The minimum atomic E-state index is -0.368. The van der Waals surface area contributed by atoms with Crippen LogP contribution in [0.4, 0.5) is 0 Å². The van der Waals surface area contributed by atoms with Crippen LogP contribution in [0.1, 0.15) is 32.6 Å². The molecular weight excluding hydrogens is 202 g/mol. The smallest absolute Gasteiger partial charge is 0.0960 e. The van der Waals surface area contributed by atoms with Crippen LogP contribution in [0.3, 0.4) is 0 Å². The lowest BCUT2D eigenvalue weighted by molar-refractivity contribution is -0.0904. The van der Waals surface area contributed by atoms with Crippen LogP contribution in [-0.2, 0) is 4.74 Å². The number of rotatable bonds is 6. The van der Waals surface area contributed by atoms with Crippen molar-refractivity contribution < 1.29 is 9.84 Å². The second-order valence-electron chi connectivity index (χ2n) is 4.37. The van der Waals surface area contributed by atoms with Crippen molar-refractivity contribution in [2.75, 3.05) is 26.2 Å². The Morgan fingerprint density at radius 3 is 3.12 bits per heavy atom. The van der Waals surface area contributed by atoms with E-state index in [1.54, 1.807) is 0 Å². The molecule has 1 saturated heterocycles. The van der Waals surface area contributed by atoms with Gasteiger partial charge in [0, 0.05) is 19.5 Å². The monoisotopic (exact) mass is 225 g/mol. The lowest BCUT2D eigenvalue weighted by Gasteiger charge is -2.35. The van der Waals surface area contributed by atoms with Gasteiger partial charge in [-0.3, -0.25) is 4.90 Å². The van der Waals surface area contributed by atoms with Crippen LogP contribution < -0.4 is 0 Å². The zero-order valence-corrected chi connectivity index (χ0v) is 10.2. The third kappa shape index (κ3) is 4.52. The van der Waals surface area contributed by atoms with E-state index in [1.807, 2.05) is 0 Å². The van der Waals surface area contributed by atoms with Gasteiger partial charge in [-0.1, -0.05) is 6.92 Å². The molecule has 3 nitrogen and oxygen atoms in total. The molecule has 0 aromatic carbocycles. The van der Waals surface area contributed by atoms with Crippen LogP contribution in [0.5, 0.6) is 0 Å². The molecule has 2 atom stereocenters. The zero-order valence-electron chi connectivity index (χ0n) is 10.2. The maximum atomic E-state index is 9.97. The molecule has 0 saturated carbocycles. The second-order valence-corrected chi connectivity index (χ2v) is 4.37. The summed E-state index contributed by atoms with van der Waals surface area (Å²) in [7, 11) is 0. The lowest BCUT2D eigenvalue weighted by atomic mass is 10.1.